The van der Waals surface area contributed by atoms with Gasteiger partial charge in [0, 0.05) is 36.7 Å². The Balaban J connectivity index is 0. The van der Waals surface area contributed by atoms with Crippen molar-refractivity contribution in [1.29, 1.82) is 0 Å². The lowest BCUT2D eigenvalue weighted by Crippen LogP contribution is -2.36. The third-order valence-electron chi connectivity index (χ3n) is 7.64. The van der Waals surface area contributed by atoms with Crippen molar-refractivity contribution >= 4 is 40.9 Å². The van der Waals surface area contributed by atoms with Crippen molar-refractivity contribution in [3.05, 3.63) is 33.6 Å². The van der Waals surface area contributed by atoms with Gasteiger partial charge >= 0.3 is 5.97 Å². The molecule has 0 aromatic carbocycles. The summed E-state index contributed by atoms with van der Waals surface area (Å²) < 4.78 is 11.9. The van der Waals surface area contributed by atoms with E-state index >= 15 is 0 Å². The third-order valence-corrected chi connectivity index (χ3v) is 9.07. The smallest absolute Gasteiger partial charge is 0.306 e. The van der Waals surface area contributed by atoms with Gasteiger partial charge in [-0.25, -0.2) is 4.98 Å². The van der Waals surface area contributed by atoms with E-state index in [9.17, 15) is 19.8 Å². The lowest BCUT2D eigenvalue weighted by atomic mass is 9.76. The number of aliphatic hydroxyl groups excluding tert-OH is 3. The minimum atomic E-state index is -0.726. The van der Waals surface area contributed by atoms with Gasteiger partial charge in [0.25, 0.3) is 0 Å². The van der Waals surface area contributed by atoms with Crippen LogP contribution in [0.2, 0.25) is 0 Å². The molecule has 3 N–H and O–H groups in total. The number of hydrogen-bond donors (Lipinski definition) is 3. The van der Waals surface area contributed by atoms with Crippen LogP contribution < -0.4 is 0 Å². The van der Waals surface area contributed by atoms with Gasteiger partial charge in [0.05, 0.1) is 30.1 Å². The number of rotatable bonds is 5. The molecule has 0 saturated carbocycles. The van der Waals surface area contributed by atoms with Crippen LogP contribution in [0, 0.1) is 11.3 Å². The van der Waals surface area contributed by atoms with E-state index in [4.69, 9.17) is 14.6 Å². The van der Waals surface area contributed by atoms with E-state index in [0.29, 0.717) is 24.3 Å². The minimum Gasteiger partial charge on any atom is -0.458 e. The van der Waals surface area contributed by atoms with Crippen LogP contribution in [0.1, 0.15) is 118 Å². The second kappa shape index (κ2) is 22.9. The van der Waals surface area contributed by atoms with Gasteiger partial charge in [-0.1, -0.05) is 68.4 Å². The average Bonchev–Trinajstić information content (AvgIpc) is 3.40. The summed E-state index contributed by atoms with van der Waals surface area (Å²) in [6.45, 7) is 19.0. The highest BCUT2D eigenvalue weighted by Crippen LogP contribution is 2.44. The predicted octanol–water partition coefficient (Wildman–Crippen LogP) is 7.60. The van der Waals surface area contributed by atoms with E-state index in [2.05, 4.69) is 25.4 Å². The van der Waals surface area contributed by atoms with Crippen molar-refractivity contribution in [2.75, 3.05) is 12.9 Å². The molecule has 1 aromatic heterocycles. The van der Waals surface area contributed by atoms with Crippen LogP contribution in [0.15, 0.2) is 22.9 Å². The van der Waals surface area contributed by atoms with Gasteiger partial charge in [-0.3, -0.25) is 9.59 Å². The number of thiazole rings is 1. The van der Waals surface area contributed by atoms with Crippen LogP contribution >= 0.6 is 23.1 Å². The standard InChI is InChI=1S/C26H39NO6S.C4H8S.C2H6.CH4O.CH4/c1-16(12-18-15-34-22(14-28)27-18)20-13-21-26(5,33-21)10-7-6-8-19(29)17(2)24(31)25(3,4)11-9-23(30)32-20;1-3-5-4-2;2*1-2;/h12,15,17,19-21,28-29H,6-11,13-14H2,1-5H3;3H,1,4H2,2H3;1-2H3;2H,1H3;1H4/b16-12+;;;;/t17-,19?,20+,21?,26-;;;;/m1..../s1. The van der Waals surface area contributed by atoms with Gasteiger partial charge < -0.3 is 24.8 Å². The molecule has 0 bridgehead atoms. The van der Waals surface area contributed by atoms with Crippen LogP contribution in [0.3, 0.4) is 0 Å². The number of nitrogens with zero attached hydrogens (tertiary/aromatic N) is 1. The molecule has 2 aliphatic heterocycles. The van der Waals surface area contributed by atoms with Gasteiger partial charge in [0.2, 0.25) is 0 Å². The average molecular weight is 660 g/mol. The third kappa shape index (κ3) is 15.1. The van der Waals surface area contributed by atoms with Crippen LogP contribution in [0.5, 0.6) is 0 Å². The molecule has 44 heavy (non-hydrogen) atoms. The monoisotopic (exact) mass is 659 g/mol. The quantitative estimate of drug-likeness (QED) is 0.216. The summed E-state index contributed by atoms with van der Waals surface area (Å²) >= 11 is 3.11. The van der Waals surface area contributed by atoms with E-state index < -0.39 is 23.5 Å². The highest BCUT2D eigenvalue weighted by molar-refractivity contribution is 8.02. The fourth-order valence-electron chi connectivity index (χ4n) is 4.86. The van der Waals surface area contributed by atoms with Gasteiger partial charge in [0.15, 0.2) is 0 Å². The second-order valence-electron chi connectivity index (χ2n) is 11.3. The molecule has 3 rings (SSSR count). The van der Waals surface area contributed by atoms with Crippen LogP contribution in [0.25, 0.3) is 6.08 Å². The van der Waals surface area contributed by atoms with E-state index in [1.807, 2.05) is 51.5 Å². The molecule has 0 amide bonds. The highest BCUT2D eigenvalue weighted by atomic mass is 32.2. The Morgan fingerprint density at radius 2 is 1.84 bits per heavy atom. The van der Waals surface area contributed by atoms with Crippen molar-refractivity contribution in [2.45, 2.75) is 138 Å². The first-order valence-electron chi connectivity index (χ1n) is 15.4. The highest BCUT2D eigenvalue weighted by Gasteiger charge is 2.52. The van der Waals surface area contributed by atoms with E-state index in [1.54, 1.807) is 18.7 Å². The van der Waals surface area contributed by atoms with Gasteiger partial charge in [-0.15, -0.1) is 23.1 Å². The molecule has 1 aromatic rings. The molecular formula is C34H61NO7S2. The zero-order chi connectivity index (χ0) is 33.2. The summed E-state index contributed by atoms with van der Waals surface area (Å²) in [5.74, 6) is 0.298. The Morgan fingerprint density at radius 1 is 1.20 bits per heavy atom. The summed E-state index contributed by atoms with van der Waals surface area (Å²) in [7, 11) is 1.00. The molecule has 2 fully saturated rings. The number of ether oxygens (including phenoxy) is 2. The number of hydrogen-bond acceptors (Lipinski definition) is 10. The number of fused-ring (bicyclic) bond motifs is 1. The fourth-order valence-corrected chi connectivity index (χ4v) is 5.71. The number of epoxide rings is 1. The lowest BCUT2D eigenvalue weighted by molar-refractivity contribution is -0.149. The van der Waals surface area contributed by atoms with Gasteiger partial charge in [0.1, 0.15) is 16.9 Å². The van der Waals surface area contributed by atoms with Crippen molar-refractivity contribution in [3.63, 3.8) is 0 Å². The van der Waals surface area contributed by atoms with E-state index in [1.165, 1.54) is 11.3 Å². The number of carbonyl (C=O) groups is 2. The largest absolute Gasteiger partial charge is 0.458 e. The molecule has 2 aliphatic rings. The summed E-state index contributed by atoms with van der Waals surface area (Å²) in [6, 6.07) is 0. The maximum absolute atomic E-state index is 13.0. The number of carbonyl (C=O) groups excluding carboxylic acids is 2. The van der Waals surface area contributed by atoms with E-state index in [-0.39, 0.29) is 43.9 Å². The van der Waals surface area contributed by atoms with Crippen molar-refractivity contribution in [1.82, 2.24) is 4.98 Å². The topological polar surface area (TPSA) is 129 Å². The maximum atomic E-state index is 13.0. The Labute approximate surface area is 275 Å². The van der Waals surface area contributed by atoms with E-state index in [0.717, 1.165) is 43.4 Å². The molecular weight excluding hydrogens is 599 g/mol. The number of esters is 1. The molecule has 8 nitrogen and oxygen atoms in total. The normalized spacial score (nSPS) is 27.2. The first-order chi connectivity index (χ1) is 20.4. The molecule has 0 radical (unpaired) electrons. The summed E-state index contributed by atoms with van der Waals surface area (Å²) in [5.41, 5.74) is 0.611. The number of Topliss-reactive ketones (excluding diaryl/α,β-unsaturated/α-hetero) is 1. The predicted molar refractivity (Wildman–Crippen MR) is 186 cm³/mol. The second-order valence-corrected chi connectivity index (χ2v) is 13.5. The number of thioether (sulfide) groups is 1. The zero-order valence-corrected chi connectivity index (χ0v) is 29.5. The summed E-state index contributed by atoms with van der Waals surface area (Å²) in [6.07, 6.45) is 4.97. The van der Waals surface area contributed by atoms with Gasteiger partial charge in [-0.05, 0) is 55.9 Å². The molecule has 2 saturated heterocycles. The number of aliphatic hydroxyl groups is 3. The summed E-state index contributed by atoms with van der Waals surface area (Å²) in [4.78, 5) is 30.2. The molecule has 5 atom stereocenters. The maximum Gasteiger partial charge on any atom is 0.306 e. The Hall–Kier alpha value is -1.56. The molecule has 2 unspecified atom stereocenters. The molecule has 256 valence electrons. The van der Waals surface area contributed by atoms with Gasteiger partial charge in [-0.2, -0.15) is 0 Å². The SMILES string of the molecule is C.C/C(=C\c1csc(CO)n1)[C@@H]1CC2O[C@]2(C)CCCCC(O)[C@@H](C)C(=O)C(C)(C)CCC(=O)O1.C=CSCC.CC.CO. The summed E-state index contributed by atoms with van der Waals surface area (Å²) in [5, 5.41) is 31.2. The first kappa shape index (κ1) is 44.6. The van der Waals surface area contributed by atoms with Crippen molar-refractivity contribution < 1.29 is 34.4 Å². The van der Waals surface area contributed by atoms with Crippen molar-refractivity contribution in [3.8, 4) is 0 Å². The zero-order valence-electron chi connectivity index (χ0n) is 27.9. The Morgan fingerprint density at radius 3 is 2.36 bits per heavy atom. The van der Waals surface area contributed by atoms with Crippen LogP contribution in [0.4, 0.5) is 0 Å². The Kier molecular flexibility index (Phi) is 23.2. The molecule has 3 heterocycles. The minimum absolute atomic E-state index is 0. The molecule has 10 heteroatoms. The Bertz CT molecular complexity index is 994. The van der Waals surface area contributed by atoms with Crippen molar-refractivity contribution in [2.24, 2.45) is 11.3 Å². The lowest BCUT2D eigenvalue weighted by Gasteiger charge is -2.29. The molecule has 0 spiro atoms. The molecule has 0 aliphatic carbocycles. The number of cyclic esters (lactones) is 1. The number of ketones is 1. The fraction of sp³-hybridized carbons (Fsp3) is 0.735. The van der Waals surface area contributed by atoms with Crippen LogP contribution in [-0.4, -0.2) is 68.8 Å². The first-order valence-corrected chi connectivity index (χ1v) is 17.3. The van der Waals surface area contributed by atoms with Crippen LogP contribution in [-0.2, 0) is 25.7 Å². The number of aromatic nitrogens is 1.